The van der Waals surface area contributed by atoms with E-state index in [2.05, 4.69) is 5.32 Å². The van der Waals surface area contributed by atoms with Crippen molar-refractivity contribution in [2.24, 2.45) is 5.92 Å². The third kappa shape index (κ3) is 3.03. The second kappa shape index (κ2) is 5.29. The van der Waals surface area contributed by atoms with E-state index in [-0.39, 0.29) is 5.75 Å². The lowest BCUT2D eigenvalue weighted by Crippen LogP contribution is -2.38. The van der Waals surface area contributed by atoms with Gasteiger partial charge in [0.25, 0.3) is 0 Å². The minimum atomic E-state index is -2.33. The third-order valence-electron chi connectivity index (χ3n) is 2.97. The summed E-state index contributed by atoms with van der Waals surface area (Å²) >= 11 is 0. The Balaban J connectivity index is 2.15. The molecule has 1 aliphatic carbocycles. The lowest BCUT2D eigenvalue weighted by atomic mass is 9.90. The lowest BCUT2D eigenvalue weighted by molar-refractivity contribution is -0.149. The summed E-state index contributed by atoms with van der Waals surface area (Å²) in [5.41, 5.74) is -2.01. The average Bonchev–Trinajstić information content (AvgIpc) is 2.38. The fraction of sp³-hybridized carbons (Fsp3) is 0.143. The van der Waals surface area contributed by atoms with Gasteiger partial charge in [0.15, 0.2) is 0 Å². The van der Waals surface area contributed by atoms with Gasteiger partial charge in [-0.1, -0.05) is 12.1 Å². The Bertz CT molecular complexity index is 651. The summed E-state index contributed by atoms with van der Waals surface area (Å²) in [6, 6.07) is 5.82. The van der Waals surface area contributed by atoms with Gasteiger partial charge in [0.2, 0.25) is 11.5 Å². The lowest BCUT2D eigenvalue weighted by Gasteiger charge is -2.23. The summed E-state index contributed by atoms with van der Waals surface area (Å²) in [6.07, 6.45) is 2.71. The minimum Gasteiger partial charge on any atom is -0.511 e. The number of rotatable bonds is 3. The minimum absolute atomic E-state index is 0.0352. The van der Waals surface area contributed by atoms with Gasteiger partial charge in [-0.3, -0.25) is 4.79 Å². The van der Waals surface area contributed by atoms with Crippen LogP contribution in [-0.4, -0.2) is 37.9 Å². The van der Waals surface area contributed by atoms with Crippen molar-refractivity contribution in [3.05, 3.63) is 48.3 Å². The number of carbonyl (C=O) groups is 2. The molecule has 110 valence electrons. The van der Waals surface area contributed by atoms with E-state index >= 15 is 0 Å². The molecule has 0 fully saturated rings. The Labute approximate surface area is 119 Å². The number of aromatic hydroxyl groups is 1. The maximum atomic E-state index is 12.0. The Morgan fingerprint density at radius 2 is 1.95 bits per heavy atom. The summed E-state index contributed by atoms with van der Waals surface area (Å²) in [7, 11) is 0. The monoisotopic (exact) mass is 291 g/mol. The molecule has 1 aliphatic rings. The van der Waals surface area contributed by atoms with Gasteiger partial charge in [0.1, 0.15) is 17.4 Å². The molecule has 0 aromatic heterocycles. The van der Waals surface area contributed by atoms with Crippen LogP contribution in [0.3, 0.4) is 0 Å². The number of phenolic OH excluding ortho intramolecular Hbond substituents is 1. The molecule has 0 bridgehead atoms. The van der Waals surface area contributed by atoms with Crippen LogP contribution >= 0.6 is 0 Å². The quantitative estimate of drug-likeness (QED) is 0.524. The van der Waals surface area contributed by atoms with E-state index in [1.165, 1.54) is 18.2 Å². The van der Waals surface area contributed by atoms with Crippen LogP contribution in [0, 0.1) is 5.92 Å². The molecule has 21 heavy (non-hydrogen) atoms. The number of carbonyl (C=O) groups excluding carboxylic acids is 1. The highest BCUT2D eigenvalue weighted by atomic mass is 16.4. The van der Waals surface area contributed by atoms with Crippen molar-refractivity contribution in [2.45, 2.75) is 5.60 Å². The highest BCUT2D eigenvalue weighted by Crippen LogP contribution is 2.25. The molecule has 7 nitrogen and oxygen atoms in total. The fourth-order valence-electron chi connectivity index (χ4n) is 1.86. The summed E-state index contributed by atoms with van der Waals surface area (Å²) in [5, 5.41) is 40.0. The molecule has 0 spiro atoms. The van der Waals surface area contributed by atoms with Gasteiger partial charge in [0.05, 0.1) is 0 Å². The zero-order valence-corrected chi connectivity index (χ0v) is 10.7. The van der Waals surface area contributed by atoms with Gasteiger partial charge in [-0.05, 0) is 18.2 Å². The molecular formula is C14H13NO6. The highest BCUT2D eigenvalue weighted by Gasteiger charge is 2.37. The molecule has 1 amide bonds. The molecule has 2 unspecified atom stereocenters. The van der Waals surface area contributed by atoms with E-state index in [0.717, 1.165) is 12.2 Å². The smallest absolute Gasteiger partial charge is 0.344 e. The number of anilines is 1. The SMILES string of the molecule is O=C(Nc1cccc(O)c1)C1C=CC(O)(C(=O)O)C=C1O. The maximum Gasteiger partial charge on any atom is 0.344 e. The number of amides is 1. The van der Waals surface area contributed by atoms with Gasteiger partial charge < -0.3 is 25.7 Å². The Morgan fingerprint density at radius 1 is 1.24 bits per heavy atom. The van der Waals surface area contributed by atoms with Crippen molar-refractivity contribution < 1.29 is 30.0 Å². The molecule has 0 heterocycles. The van der Waals surface area contributed by atoms with Crippen LogP contribution in [0.25, 0.3) is 0 Å². The van der Waals surface area contributed by atoms with Crippen LogP contribution in [-0.2, 0) is 9.59 Å². The van der Waals surface area contributed by atoms with Crippen LogP contribution in [0.5, 0.6) is 5.75 Å². The highest BCUT2D eigenvalue weighted by molar-refractivity contribution is 5.96. The van der Waals surface area contributed by atoms with Crippen LogP contribution in [0.2, 0.25) is 0 Å². The maximum absolute atomic E-state index is 12.0. The summed E-state index contributed by atoms with van der Waals surface area (Å²) in [5.74, 6) is -3.91. The zero-order valence-electron chi connectivity index (χ0n) is 10.7. The number of phenols is 1. The van der Waals surface area contributed by atoms with Crippen molar-refractivity contribution in [2.75, 3.05) is 5.32 Å². The summed E-state index contributed by atoms with van der Waals surface area (Å²) in [6.45, 7) is 0. The van der Waals surface area contributed by atoms with Crippen molar-refractivity contribution in [1.82, 2.24) is 0 Å². The normalized spacial score (nSPS) is 24.2. The van der Waals surface area contributed by atoms with Crippen molar-refractivity contribution >= 4 is 17.6 Å². The number of nitrogens with one attached hydrogen (secondary N) is 1. The Hall–Kier alpha value is -2.80. The standard InChI is InChI=1S/C14H13NO6/c16-9-3-1-2-8(6-9)15-12(18)10-4-5-14(21,13(19)20)7-11(10)17/h1-7,10,16-17,21H,(H,15,18)(H,19,20). The Kier molecular flexibility index (Phi) is 3.68. The van der Waals surface area contributed by atoms with Crippen molar-refractivity contribution in [3.63, 3.8) is 0 Å². The van der Waals surface area contributed by atoms with Gasteiger partial charge in [-0.2, -0.15) is 0 Å². The van der Waals surface area contributed by atoms with Gasteiger partial charge in [-0.25, -0.2) is 4.79 Å². The van der Waals surface area contributed by atoms with Crippen LogP contribution < -0.4 is 5.32 Å². The van der Waals surface area contributed by atoms with Gasteiger partial charge in [0, 0.05) is 17.8 Å². The van der Waals surface area contributed by atoms with Crippen molar-refractivity contribution in [1.29, 1.82) is 0 Å². The second-order valence-electron chi connectivity index (χ2n) is 4.58. The largest absolute Gasteiger partial charge is 0.511 e. The van der Waals surface area contributed by atoms with Gasteiger partial charge >= 0.3 is 5.97 Å². The molecule has 0 saturated heterocycles. The zero-order chi connectivity index (χ0) is 15.6. The molecule has 2 atom stereocenters. The first-order valence-corrected chi connectivity index (χ1v) is 5.98. The van der Waals surface area contributed by atoms with E-state index in [0.29, 0.717) is 11.8 Å². The van der Waals surface area contributed by atoms with Crippen LogP contribution in [0.15, 0.2) is 48.3 Å². The van der Waals surface area contributed by atoms with E-state index in [1.807, 2.05) is 0 Å². The van der Waals surface area contributed by atoms with E-state index < -0.39 is 29.2 Å². The second-order valence-corrected chi connectivity index (χ2v) is 4.58. The van der Waals surface area contributed by atoms with Crippen LogP contribution in [0.4, 0.5) is 5.69 Å². The third-order valence-corrected chi connectivity index (χ3v) is 2.97. The van der Waals surface area contributed by atoms with E-state index in [4.69, 9.17) is 5.11 Å². The van der Waals surface area contributed by atoms with E-state index in [1.54, 1.807) is 6.07 Å². The molecule has 0 aliphatic heterocycles. The number of hydrogen-bond donors (Lipinski definition) is 5. The molecule has 5 N–H and O–H groups in total. The fourth-order valence-corrected chi connectivity index (χ4v) is 1.86. The van der Waals surface area contributed by atoms with Crippen molar-refractivity contribution in [3.8, 4) is 5.75 Å². The number of carboxylic acids is 1. The number of benzene rings is 1. The first kappa shape index (κ1) is 14.6. The molecule has 1 aromatic carbocycles. The summed E-state index contributed by atoms with van der Waals surface area (Å²) in [4.78, 5) is 22.8. The number of carboxylic acid groups (broad SMARTS) is 1. The van der Waals surface area contributed by atoms with Gasteiger partial charge in [-0.15, -0.1) is 0 Å². The molecule has 1 aromatic rings. The predicted octanol–water partition coefficient (Wildman–Crippen LogP) is 0.774. The van der Waals surface area contributed by atoms with E-state index in [9.17, 15) is 24.9 Å². The predicted molar refractivity (Wildman–Crippen MR) is 72.7 cm³/mol. The van der Waals surface area contributed by atoms with Crippen LogP contribution in [0.1, 0.15) is 0 Å². The molecule has 0 radical (unpaired) electrons. The average molecular weight is 291 g/mol. The molecular weight excluding hydrogens is 278 g/mol. The Morgan fingerprint density at radius 3 is 2.52 bits per heavy atom. The molecule has 2 rings (SSSR count). The number of hydrogen-bond acceptors (Lipinski definition) is 5. The number of aliphatic carboxylic acids is 1. The topological polar surface area (TPSA) is 127 Å². The first-order valence-electron chi connectivity index (χ1n) is 5.98. The summed E-state index contributed by atoms with van der Waals surface area (Å²) < 4.78 is 0. The number of aliphatic hydroxyl groups is 2. The molecule has 7 heteroatoms. The number of aliphatic hydroxyl groups excluding tert-OH is 1. The first-order chi connectivity index (χ1) is 9.82. The molecule has 0 saturated carbocycles.